The number of nitrogens with one attached hydrogen (secondary N) is 1. The largest absolute Gasteiger partial charge is 0.392 e. The summed E-state index contributed by atoms with van der Waals surface area (Å²) < 4.78 is 1.44. The van der Waals surface area contributed by atoms with Gasteiger partial charge in [0.25, 0.3) is 5.56 Å². The third kappa shape index (κ3) is 3.31. The normalized spacial score (nSPS) is 14.7. The number of aromatic nitrogens is 2. The summed E-state index contributed by atoms with van der Waals surface area (Å²) in [6.07, 6.45) is 5.30. The van der Waals surface area contributed by atoms with E-state index in [1.807, 2.05) is 24.3 Å². The second-order valence-electron chi connectivity index (χ2n) is 5.49. The van der Waals surface area contributed by atoms with Crippen molar-refractivity contribution in [2.45, 2.75) is 38.5 Å². The van der Waals surface area contributed by atoms with Crippen molar-refractivity contribution >= 4 is 5.69 Å². The maximum atomic E-state index is 12.1. The third-order valence-electron chi connectivity index (χ3n) is 3.88. The molecule has 1 heterocycles. The van der Waals surface area contributed by atoms with Gasteiger partial charge >= 0.3 is 0 Å². The first-order valence-corrected chi connectivity index (χ1v) is 7.27. The molecule has 2 aromatic rings. The number of anilines is 1. The Morgan fingerprint density at radius 2 is 1.95 bits per heavy atom. The van der Waals surface area contributed by atoms with Gasteiger partial charge in [0.05, 0.1) is 25.0 Å². The summed E-state index contributed by atoms with van der Waals surface area (Å²) in [5, 5.41) is 16.6. The van der Waals surface area contributed by atoms with Gasteiger partial charge in [-0.05, 0) is 30.4 Å². The molecule has 0 unspecified atom stereocenters. The molecular weight excluding hydrogens is 266 g/mol. The molecule has 110 valence electrons. The third-order valence-corrected chi connectivity index (χ3v) is 3.88. The zero-order valence-corrected chi connectivity index (χ0v) is 11.8. The molecule has 0 aliphatic heterocycles. The van der Waals surface area contributed by atoms with Gasteiger partial charge in [-0.1, -0.05) is 24.3 Å². The lowest BCUT2D eigenvalue weighted by molar-refractivity contribution is 0.282. The average Bonchev–Trinajstić information content (AvgIpc) is 2.46. The second-order valence-corrected chi connectivity index (χ2v) is 5.49. The summed E-state index contributed by atoms with van der Waals surface area (Å²) >= 11 is 0. The highest BCUT2D eigenvalue weighted by Crippen LogP contribution is 2.22. The Morgan fingerprint density at radius 3 is 2.52 bits per heavy atom. The minimum atomic E-state index is -0.106. The maximum absolute atomic E-state index is 12.1. The molecule has 2 N–H and O–H groups in total. The monoisotopic (exact) mass is 285 g/mol. The standard InChI is InChI=1S/C16H19N3O2/c20-11-13-6-4-12(5-7-13)10-19-16(21)8-15(9-17-19)18-14-2-1-3-14/h4-9,14,18,20H,1-3,10-11H2. The molecular formula is C16H19N3O2. The Hall–Kier alpha value is -2.14. The molecule has 0 atom stereocenters. The van der Waals surface area contributed by atoms with Crippen molar-refractivity contribution < 1.29 is 5.11 Å². The van der Waals surface area contributed by atoms with E-state index in [9.17, 15) is 4.79 Å². The van der Waals surface area contributed by atoms with Crippen LogP contribution < -0.4 is 10.9 Å². The van der Waals surface area contributed by atoms with Gasteiger partial charge in [-0.15, -0.1) is 0 Å². The van der Waals surface area contributed by atoms with Crippen LogP contribution in [-0.2, 0) is 13.2 Å². The van der Waals surface area contributed by atoms with Crippen LogP contribution in [0.25, 0.3) is 0 Å². The van der Waals surface area contributed by atoms with Crippen LogP contribution in [0, 0.1) is 0 Å². The Kier molecular flexibility index (Phi) is 4.01. The van der Waals surface area contributed by atoms with Gasteiger partial charge in [-0.3, -0.25) is 4.79 Å². The van der Waals surface area contributed by atoms with E-state index in [1.165, 1.54) is 23.9 Å². The van der Waals surface area contributed by atoms with Crippen LogP contribution in [0.15, 0.2) is 41.3 Å². The molecule has 1 aliphatic carbocycles. The maximum Gasteiger partial charge on any atom is 0.269 e. The molecule has 1 aromatic heterocycles. The van der Waals surface area contributed by atoms with Crippen LogP contribution in [0.3, 0.4) is 0 Å². The molecule has 5 nitrogen and oxygen atoms in total. The molecule has 1 fully saturated rings. The molecule has 3 rings (SSSR count). The fraction of sp³-hybridized carbons (Fsp3) is 0.375. The first-order chi connectivity index (χ1) is 10.2. The van der Waals surface area contributed by atoms with Crippen molar-refractivity contribution in [1.29, 1.82) is 0 Å². The lowest BCUT2D eigenvalue weighted by Gasteiger charge is -2.27. The van der Waals surface area contributed by atoms with E-state index >= 15 is 0 Å². The molecule has 0 saturated heterocycles. The Morgan fingerprint density at radius 1 is 1.24 bits per heavy atom. The number of rotatable bonds is 5. The summed E-state index contributed by atoms with van der Waals surface area (Å²) in [7, 11) is 0. The zero-order valence-electron chi connectivity index (χ0n) is 11.8. The summed E-state index contributed by atoms with van der Waals surface area (Å²) in [6, 6.07) is 9.61. The first kappa shape index (κ1) is 13.8. The van der Waals surface area contributed by atoms with Gasteiger partial charge in [-0.25, -0.2) is 4.68 Å². The van der Waals surface area contributed by atoms with Gasteiger partial charge in [0, 0.05) is 12.1 Å². The van der Waals surface area contributed by atoms with Crippen molar-refractivity contribution in [3.05, 3.63) is 58.0 Å². The van der Waals surface area contributed by atoms with Crippen LogP contribution >= 0.6 is 0 Å². The van der Waals surface area contributed by atoms with Crippen LogP contribution in [-0.4, -0.2) is 20.9 Å². The van der Waals surface area contributed by atoms with Gasteiger partial charge in [0.1, 0.15) is 0 Å². The van der Waals surface area contributed by atoms with Crippen molar-refractivity contribution in [2.24, 2.45) is 0 Å². The van der Waals surface area contributed by atoms with Crippen molar-refractivity contribution in [1.82, 2.24) is 9.78 Å². The summed E-state index contributed by atoms with van der Waals surface area (Å²) in [4.78, 5) is 12.1. The lowest BCUT2D eigenvalue weighted by Crippen LogP contribution is -2.29. The van der Waals surface area contributed by atoms with E-state index in [2.05, 4.69) is 10.4 Å². The highest BCUT2D eigenvalue weighted by atomic mass is 16.3. The number of benzene rings is 1. The second kappa shape index (κ2) is 6.10. The molecule has 0 radical (unpaired) electrons. The van der Waals surface area contributed by atoms with Gasteiger partial charge < -0.3 is 10.4 Å². The Labute approximate surface area is 123 Å². The van der Waals surface area contributed by atoms with Crippen molar-refractivity contribution in [2.75, 3.05) is 5.32 Å². The SMILES string of the molecule is O=c1cc(NC2CCC2)cnn1Cc1ccc(CO)cc1. The van der Waals surface area contributed by atoms with Crippen molar-refractivity contribution in [3.63, 3.8) is 0 Å². The van der Waals surface area contributed by atoms with Crippen LogP contribution in [0.5, 0.6) is 0 Å². The fourth-order valence-electron chi connectivity index (χ4n) is 2.34. The predicted octanol–water partition coefficient (Wildman–Crippen LogP) is 1.75. The van der Waals surface area contributed by atoms with E-state index < -0.39 is 0 Å². The first-order valence-electron chi connectivity index (χ1n) is 7.27. The molecule has 1 aromatic carbocycles. The van der Waals surface area contributed by atoms with Gasteiger partial charge in [0.2, 0.25) is 0 Å². The summed E-state index contributed by atoms with van der Waals surface area (Å²) in [5.74, 6) is 0. The zero-order chi connectivity index (χ0) is 14.7. The average molecular weight is 285 g/mol. The fourth-order valence-corrected chi connectivity index (χ4v) is 2.34. The van der Waals surface area contributed by atoms with Gasteiger partial charge in [0.15, 0.2) is 0 Å². The van der Waals surface area contributed by atoms with E-state index in [4.69, 9.17) is 5.11 Å². The lowest BCUT2D eigenvalue weighted by atomic mass is 9.93. The topological polar surface area (TPSA) is 67.2 Å². The Balaban J connectivity index is 1.71. The molecule has 0 spiro atoms. The van der Waals surface area contributed by atoms with Crippen molar-refractivity contribution in [3.8, 4) is 0 Å². The van der Waals surface area contributed by atoms with Crippen LogP contribution in [0.1, 0.15) is 30.4 Å². The van der Waals surface area contributed by atoms with Gasteiger partial charge in [-0.2, -0.15) is 5.10 Å². The highest BCUT2D eigenvalue weighted by molar-refractivity contribution is 5.40. The number of aliphatic hydroxyl groups excluding tert-OH is 1. The molecule has 5 heteroatoms. The van der Waals surface area contributed by atoms with E-state index in [0.717, 1.165) is 16.8 Å². The molecule has 1 aliphatic rings. The number of aliphatic hydroxyl groups is 1. The quantitative estimate of drug-likeness (QED) is 0.878. The number of nitrogens with zero attached hydrogens (tertiary/aromatic N) is 2. The Bertz CT molecular complexity index is 660. The smallest absolute Gasteiger partial charge is 0.269 e. The number of hydrogen-bond acceptors (Lipinski definition) is 4. The molecule has 1 saturated carbocycles. The van der Waals surface area contributed by atoms with E-state index in [-0.39, 0.29) is 12.2 Å². The van der Waals surface area contributed by atoms with Crippen LogP contribution in [0.4, 0.5) is 5.69 Å². The predicted molar refractivity (Wildman–Crippen MR) is 81.2 cm³/mol. The molecule has 0 bridgehead atoms. The molecule has 21 heavy (non-hydrogen) atoms. The summed E-state index contributed by atoms with van der Waals surface area (Å²) in [6.45, 7) is 0.467. The van der Waals surface area contributed by atoms with Crippen LogP contribution in [0.2, 0.25) is 0 Å². The van der Waals surface area contributed by atoms with E-state index in [1.54, 1.807) is 12.3 Å². The minimum absolute atomic E-state index is 0.0278. The minimum Gasteiger partial charge on any atom is -0.392 e. The highest BCUT2D eigenvalue weighted by Gasteiger charge is 2.17. The summed E-state index contributed by atoms with van der Waals surface area (Å²) in [5.41, 5.74) is 2.54. The molecule has 0 amide bonds. The van der Waals surface area contributed by atoms with E-state index in [0.29, 0.717) is 12.6 Å². The number of hydrogen-bond donors (Lipinski definition) is 2.